The number of carbonyl (C=O) groups is 3. The lowest BCUT2D eigenvalue weighted by atomic mass is 9.97. The van der Waals surface area contributed by atoms with E-state index in [2.05, 4.69) is 5.32 Å². The number of para-hydroxylation sites is 2. The van der Waals surface area contributed by atoms with Crippen LogP contribution in [0.15, 0.2) is 66.9 Å². The Bertz CT molecular complexity index is 1280. The molecular weight excluding hydrogens is 463 g/mol. The van der Waals surface area contributed by atoms with Crippen molar-refractivity contribution in [3.63, 3.8) is 0 Å². The molecule has 0 radical (unpaired) electrons. The van der Waals surface area contributed by atoms with Gasteiger partial charge in [-0.25, -0.2) is 9.18 Å². The molecule has 1 unspecified atom stereocenters. The van der Waals surface area contributed by atoms with E-state index in [-0.39, 0.29) is 37.5 Å². The van der Waals surface area contributed by atoms with Crippen LogP contribution in [0.1, 0.15) is 37.1 Å². The summed E-state index contributed by atoms with van der Waals surface area (Å²) in [6.45, 7) is 1.49. The molecule has 9 heteroatoms. The lowest BCUT2D eigenvalue weighted by Crippen LogP contribution is -2.50. The van der Waals surface area contributed by atoms with Gasteiger partial charge in [-0.05, 0) is 61.7 Å². The maximum atomic E-state index is 14.0. The van der Waals surface area contributed by atoms with Crippen LogP contribution >= 0.6 is 0 Å². The number of rotatable bonds is 7. The van der Waals surface area contributed by atoms with Crippen LogP contribution in [0.2, 0.25) is 0 Å². The molecule has 1 aliphatic carbocycles. The summed E-state index contributed by atoms with van der Waals surface area (Å²) in [5.74, 6) is -1.17. The molecular formula is C27H27FN4O4. The Kier molecular flexibility index (Phi) is 6.45. The zero-order valence-electron chi connectivity index (χ0n) is 19.9. The number of nitrogens with one attached hydrogen (secondary N) is 1. The van der Waals surface area contributed by atoms with E-state index < -0.39 is 18.0 Å². The highest BCUT2D eigenvalue weighted by Gasteiger charge is 2.40. The molecule has 2 aliphatic rings. The lowest BCUT2D eigenvalue weighted by molar-refractivity contribution is -0.141. The van der Waals surface area contributed by atoms with E-state index in [1.54, 1.807) is 24.0 Å². The van der Waals surface area contributed by atoms with E-state index in [1.165, 1.54) is 17.0 Å². The Morgan fingerprint density at radius 1 is 1.03 bits per heavy atom. The highest BCUT2D eigenvalue weighted by molar-refractivity contribution is 6.00. The largest absolute Gasteiger partial charge is 0.465 e. The summed E-state index contributed by atoms with van der Waals surface area (Å²) in [5.41, 5.74) is 3.15. The van der Waals surface area contributed by atoms with Gasteiger partial charge in [0.25, 0.3) is 0 Å². The molecule has 2 heterocycles. The van der Waals surface area contributed by atoms with Crippen LogP contribution in [0.25, 0.3) is 5.69 Å². The average molecular weight is 491 g/mol. The number of halogens is 1. The summed E-state index contributed by atoms with van der Waals surface area (Å²) in [5, 5.41) is 2.57. The maximum Gasteiger partial charge on any atom is 0.325 e. The molecule has 1 atom stereocenters. The number of hydrogen-bond donors (Lipinski definition) is 1. The van der Waals surface area contributed by atoms with Gasteiger partial charge in [0.2, 0.25) is 5.91 Å². The number of ether oxygens (including phenoxy) is 1. The van der Waals surface area contributed by atoms with E-state index in [1.807, 2.05) is 47.2 Å². The van der Waals surface area contributed by atoms with Crippen molar-refractivity contribution in [2.45, 2.75) is 31.8 Å². The van der Waals surface area contributed by atoms with Crippen LogP contribution in [-0.4, -0.2) is 53.1 Å². The number of amides is 3. The second-order valence-corrected chi connectivity index (χ2v) is 8.83. The topological polar surface area (TPSA) is 83.9 Å². The highest BCUT2D eigenvalue weighted by Crippen LogP contribution is 2.42. The van der Waals surface area contributed by atoms with Gasteiger partial charge < -0.3 is 19.5 Å². The summed E-state index contributed by atoms with van der Waals surface area (Å²) in [6.07, 6.45) is 3.52. The molecule has 1 aromatic heterocycles. The number of fused-ring (bicyclic) bond motifs is 3. The summed E-state index contributed by atoms with van der Waals surface area (Å²) < 4.78 is 20.7. The number of aromatic nitrogens is 1. The number of benzene rings is 2. The second-order valence-electron chi connectivity index (χ2n) is 8.83. The first-order valence-corrected chi connectivity index (χ1v) is 12.0. The van der Waals surface area contributed by atoms with Crippen molar-refractivity contribution in [3.05, 3.63) is 83.9 Å². The van der Waals surface area contributed by atoms with Crippen LogP contribution in [0.3, 0.4) is 0 Å². The average Bonchev–Trinajstić information content (AvgIpc) is 3.60. The molecule has 1 fully saturated rings. The number of urea groups is 1. The molecule has 0 bridgehead atoms. The first kappa shape index (κ1) is 23.6. The zero-order valence-corrected chi connectivity index (χ0v) is 19.9. The zero-order chi connectivity index (χ0) is 25.2. The Balaban J connectivity index is 1.47. The molecule has 186 valence electrons. The van der Waals surface area contributed by atoms with Gasteiger partial charge in [-0.1, -0.05) is 24.3 Å². The van der Waals surface area contributed by atoms with E-state index in [9.17, 15) is 18.8 Å². The molecule has 0 saturated heterocycles. The van der Waals surface area contributed by atoms with Gasteiger partial charge in [-0.2, -0.15) is 0 Å². The van der Waals surface area contributed by atoms with Crippen molar-refractivity contribution in [1.82, 2.24) is 14.8 Å². The van der Waals surface area contributed by atoms with Crippen LogP contribution in [-0.2, 0) is 14.3 Å². The fourth-order valence-electron chi connectivity index (χ4n) is 4.66. The van der Waals surface area contributed by atoms with Crippen molar-refractivity contribution in [1.29, 1.82) is 0 Å². The summed E-state index contributed by atoms with van der Waals surface area (Å²) >= 11 is 0. The predicted octanol–water partition coefficient (Wildman–Crippen LogP) is 3.79. The highest BCUT2D eigenvalue weighted by atomic mass is 19.1. The molecule has 1 N–H and O–H groups in total. The summed E-state index contributed by atoms with van der Waals surface area (Å²) in [7, 11) is 0. The van der Waals surface area contributed by atoms with Crippen molar-refractivity contribution in [2.75, 3.05) is 24.6 Å². The van der Waals surface area contributed by atoms with Crippen LogP contribution in [0.4, 0.5) is 14.9 Å². The molecule has 1 aliphatic heterocycles. The first-order valence-electron chi connectivity index (χ1n) is 12.0. The molecule has 0 spiro atoms. The Labute approximate surface area is 208 Å². The SMILES string of the molecule is CCOC(=O)CNC(=O)N(CC(=O)N1c2ccccc2-n2cccc2C1c1ccc(F)cc1)C1CC1. The molecule has 8 nitrogen and oxygen atoms in total. The van der Waals surface area contributed by atoms with Crippen LogP contribution in [0.5, 0.6) is 0 Å². The van der Waals surface area contributed by atoms with Crippen LogP contribution < -0.4 is 10.2 Å². The van der Waals surface area contributed by atoms with Gasteiger partial charge in [0.1, 0.15) is 24.9 Å². The normalized spacial score (nSPS) is 16.1. The Morgan fingerprint density at radius 2 is 1.75 bits per heavy atom. The summed E-state index contributed by atoms with van der Waals surface area (Å²) in [6, 6.07) is 16.5. The van der Waals surface area contributed by atoms with Gasteiger partial charge in [0.05, 0.1) is 23.7 Å². The van der Waals surface area contributed by atoms with Gasteiger partial charge in [0, 0.05) is 12.2 Å². The van der Waals surface area contributed by atoms with Crippen molar-refractivity contribution >= 4 is 23.6 Å². The lowest BCUT2D eigenvalue weighted by Gasteiger charge is -2.39. The number of anilines is 1. The molecule has 5 rings (SSSR count). The number of carbonyl (C=O) groups excluding carboxylic acids is 3. The smallest absolute Gasteiger partial charge is 0.325 e. The van der Waals surface area contributed by atoms with Gasteiger partial charge in [0.15, 0.2) is 0 Å². The Hall–Kier alpha value is -4.14. The van der Waals surface area contributed by atoms with Crippen molar-refractivity contribution in [3.8, 4) is 5.69 Å². The van der Waals surface area contributed by atoms with Crippen molar-refractivity contribution in [2.24, 2.45) is 0 Å². The van der Waals surface area contributed by atoms with E-state index in [0.717, 1.165) is 29.8 Å². The fraction of sp³-hybridized carbons (Fsp3) is 0.296. The Morgan fingerprint density at radius 3 is 2.44 bits per heavy atom. The van der Waals surface area contributed by atoms with Crippen molar-refractivity contribution < 1.29 is 23.5 Å². The minimum Gasteiger partial charge on any atom is -0.465 e. The third-order valence-corrected chi connectivity index (χ3v) is 6.42. The fourth-order valence-corrected chi connectivity index (χ4v) is 4.66. The standard InChI is InChI=1S/C27H27FN4O4/c1-2-36-25(34)16-29-27(35)31(20-13-14-20)17-24(33)32-22-7-4-3-6-21(22)30-15-5-8-23(30)26(32)18-9-11-19(28)12-10-18/h3-12,15,20,26H,2,13-14,16-17H2,1H3,(H,29,35). The molecule has 36 heavy (non-hydrogen) atoms. The van der Waals surface area contributed by atoms with Gasteiger partial charge in [-0.3, -0.25) is 14.5 Å². The maximum absolute atomic E-state index is 14.0. The van der Waals surface area contributed by atoms with E-state index >= 15 is 0 Å². The minimum absolute atomic E-state index is 0.0655. The second kappa shape index (κ2) is 9.85. The van der Waals surface area contributed by atoms with Crippen LogP contribution in [0, 0.1) is 5.82 Å². The third kappa shape index (κ3) is 4.56. The number of hydrogen-bond acceptors (Lipinski definition) is 4. The quantitative estimate of drug-likeness (QED) is 0.511. The molecule has 3 amide bonds. The molecule has 2 aromatic carbocycles. The van der Waals surface area contributed by atoms with Gasteiger partial charge in [-0.15, -0.1) is 0 Å². The summed E-state index contributed by atoms with van der Waals surface area (Å²) in [4.78, 5) is 41.8. The first-order chi connectivity index (χ1) is 17.5. The van der Waals surface area contributed by atoms with E-state index in [0.29, 0.717) is 5.69 Å². The monoisotopic (exact) mass is 490 g/mol. The predicted molar refractivity (Wildman–Crippen MR) is 131 cm³/mol. The molecule has 3 aromatic rings. The van der Waals surface area contributed by atoms with Gasteiger partial charge >= 0.3 is 12.0 Å². The minimum atomic E-state index is -0.532. The number of nitrogens with zero attached hydrogens (tertiary/aromatic N) is 3. The van der Waals surface area contributed by atoms with E-state index in [4.69, 9.17) is 4.74 Å². The number of esters is 1. The third-order valence-electron chi connectivity index (χ3n) is 6.42. The molecule has 1 saturated carbocycles.